The second-order valence-electron chi connectivity index (χ2n) is 5.42. The van der Waals surface area contributed by atoms with Crippen molar-refractivity contribution in [2.75, 3.05) is 7.05 Å². The predicted octanol–water partition coefficient (Wildman–Crippen LogP) is 3.88. The minimum Gasteiger partial charge on any atom is -0.404 e. The highest BCUT2D eigenvalue weighted by Crippen LogP contribution is 2.38. The van der Waals surface area contributed by atoms with Crippen molar-refractivity contribution < 1.29 is 23.7 Å². The highest BCUT2D eigenvalue weighted by molar-refractivity contribution is 7.46. The molecule has 0 heterocycles. The molecule has 0 atom stereocenters. The summed E-state index contributed by atoms with van der Waals surface area (Å²) in [6, 6.07) is 21.7. The predicted molar refractivity (Wildman–Crippen MR) is 105 cm³/mol. The zero-order valence-corrected chi connectivity index (χ0v) is 15.5. The number of hydrogen-bond acceptors (Lipinski definition) is 4. The molecule has 0 aromatic heterocycles. The monoisotopic (exact) mass is 385 g/mol. The van der Waals surface area contributed by atoms with Crippen LogP contribution in [0.25, 0.3) is 22.3 Å². The van der Waals surface area contributed by atoms with E-state index in [9.17, 15) is 9.36 Å². The van der Waals surface area contributed by atoms with Gasteiger partial charge in [-0.25, -0.2) is 4.57 Å². The Kier molecular flexibility index (Phi) is 7.05. The van der Waals surface area contributed by atoms with E-state index in [4.69, 9.17) is 9.79 Å². The zero-order chi connectivity index (χ0) is 19.9. The Bertz CT molecular complexity index is 916. The van der Waals surface area contributed by atoms with Gasteiger partial charge in [-0.3, -0.25) is 14.6 Å². The minimum atomic E-state index is -4.54. The van der Waals surface area contributed by atoms with Gasteiger partial charge in [0, 0.05) is 5.56 Å². The fourth-order valence-corrected chi connectivity index (χ4v) is 2.85. The third-order valence-corrected chi connectivity index (χ3v) is 4.13. The second kappa shape index (κ2) is 9.26. The minimum absolute atomic E-state index is 0.115. The molecule has 0 saturated carbocycles. The lowest BCUT2D eigenvalue weighted by Gasteiger charge is -2.08. The molecule has 0 radical (unpaired) electrons. The van der Waals surface area contributed by atoms with Crippen molar-refractivity contribution in [2.45, 2.75) is 0 Å². The quantitative estimate of drug-likeness (QED) is 0.454. The Labute approximate surface area is 157 Å². The van der Waals surface area contributed by atoms with Crippen LogP contribution in [-0.4, -0.2) is 23.1 Å². The van der Waals surface area contributed by atoms with Crippen LogP contribution in [0.3, 0.4) is 0 Å². The first kappa shape index (κ1) is 20.6. The summed E-state index contributed by atoms with van der Waals surface area (Å²) in [7, 11) is -3.04. The van der Waals surface area contributed by atoms with Gasteiger partial charge in [0.15, 0.2) is 0 Å². The molecule has 0 aliphatic heterocycles. The number of carbonyl (C=O) groups is 1. The number of hydrogen-bond donors (Lipinski definition) is 3. The molecule has 0 saturated heterocycles. The third-order valence-electron chi connectivity index (χ3n) is 3.68. The van der Waals surface area contributed by atoms with Gasteiger partial charge in [-0.15, -0.1) is 0 Å². The van der Waals surface area contributed by atoms with Crippen molar-refractivity contribution in [1.82, 2.24) is 0 Å². The molecule has 4 N–H and O–H groups in total. The molecular weight excluding hydrogens is 365 g/mol. The fraction of sp³-hybridized carbons (Fsp3) is 0.0500. The molecule has 6 nitrogen and oxygen atoms in total. The Morgan fingerprint density at radius 3 is 1.41 bits per heavy atom. The standard InChI is InChI=1S/C19H15O5P.CH5N/c20-13-14-1-3-15(4-2-14)16-5-7-17(8-6-16)18-9-11-19(12-10-18)24-25(21,22)23;1-2/h1-13H,(H2,21,22,23);2H2,1H3. The second-order valence-corrected chi connectivity index (χ2v) is 6.59. The maximum Gasteiger partial charge on any atom is 0.524 e. The van der Waals surface area contributed by atoms with Crippen molar-refractivity contribution in [3.05, 3.63) is 78.4 Å². The lowest BCUT2D eigenvalue weighted by molar-refractivity contribution is 0.112. The van der Waals surface area contributed by atoms with E-state index in [1.165, 1.54) is 19.2 Å². The summed E-state index contributed by atoms with van der Waals surface area (Å²) < 4.78 is 15.4. The molecular formula is C20H20NO5P. The van der Waals surface area contributed by atoms with E-state index in [0.717, 1.165) is 28.5 Å². The largest absolute Gasteiger partial charge is 0.524 e. The summed E-state index contributed by atoms with van der Waals surface area (Å²) in [6.07, 6.45) is 0.812. The number of aldehydes is 1. The lowest BCUT2D eigenvalue weighted by Crippen LogP contribution is -1.89. The van der Waals surface area contributed by atoms with Gasteiger partial charge < -0.3 is 10.3 Å². The van der Waals surface area contributed by atoms with Gasteiger partial charge >= 0.3 is 7.82 Å². The summed E-state index contributed by atoms with van der Waals surface area (Å²) in [5.74, 6) is 0.115. The molecule has 3 rings (SSSR count). The van der Waals surface area contributed by atoms with E-state index in [2.05, 4.69) is 10.3 Å². The zero-order valence-electron chi connectivity index (χ0n) is 14.6. The first-order valence-corrected chi connectivity index (χ1v) is 9.57. The van der Waals surface area contributed by atoms with Gasteiger partial charge in [-0.2, -0.15) is 0 Å². The van der Waals surface area contributed by atoms with Gasteiger partial charge in [0.2, 0.25) is 0 Å². The van der Waals surface area contributed by atoms with Crippen LogP contribution in [0.2, 0.25) is 0 Å². The summed E-state index contributed by atoms with van der Waals surface area (Å²) in [5, 5.41) is 0. The number of nitrogens with two attached hydrogens (primary N) is 1. The molecule has 0 aliphatic carbocycles. The molecule has 0 spiro atoms. The Morgan fingerprint density at radius 1 is 0.741 bits per heavy atom. The highest BCUT2D eigenvalue weighted by Gasteiger charge is 2.15. The number of rotatable bonds is 5. The first-order chi connectivity index (χ1) is 12.9. The molecule has 0 fully saturated rings. The normalized spacial score (nSPS) is 10.5. The summed E-state index contributed by atoms with van der Waals surface area (Å²) in [5.41, 5.74) is 9.06. The van der Waals surface area contributed by atoms with Crippen molar-refractivity contribution in [1.29, 1.82) is 0 Å². The summed E-state index contributed by atoms with van der Waals surface area (Å²) in [4.78, 5) is 28.3. The number of phosphoric acid groups is 1. The van der Waals surface area contributed by atoms with E-state index in [1.54, 1.807) is 24.3 Å². The molecule has 3 aromatic carbocycles. The molecule has 3 aromatic rings. The molecule has 0 bridgehead atoms. The van der Waals surface area contributed by atoms with E-state index in [1.807, 2.05) is 36.4 Å². The number of benzene rings is 3. The van der Waals surface area contributed by atoms with Crippen LogP contribution in [0.5, 0.6) is 5.75 Å². The number of phosphoric ester groups is 1. The van der Waals surface area contributed by atoms with Crippen LogP contribution >= 0.6 is 7.82 Å². The van der Waals surface area contributed by atoms with Crippen LogP contribution < -0.4 is 10.3 Å². The van der Waals surface area contributed by atoms with E-state index in [-0.39, 0.29) is 5.75 Å². The van der Waals surface area contributed by atoms with Gasteiger partial charge in [0.25, 0.3) is 0 Å². The molecule has 27 heavy (non-hydrogen) atoms. The van der Waals surface area contributed by atoms with Gasteiger partial charge in [-0.1, -0.05) is 60.7 Å². The Hall–Kier alpha value is -2.76. The summed E-state index contributed by atoms with van der Waals surface area (Å²) >= 11 is 0. The maximum absolute atomic E-state index is 10.8. The SMILES string of the molecule is CN.O=Cc1ccc(-c2ccc(-c3ccc(OP(=O)(O)O)cc3)cc2)cc1. The molecule has 0 unspecified atom stereocenters. The fourth-order valence-electron chi connectivity index (χ4n) is 2.45. The first-order valence-electron chi connectivity index (χ1n) is 8.04. The molecule has 0 amide bonds. The average molecular weight is 385 g/mol. The van der Waals surface area contributed by atoms with Crippen LogP contribution in [0.4, 0.5) is 0 Å². The van der Waals surface area contributed by atoms with E-state index >= 15 is 0 Å². The van der Waals surface area contributed by atoms with Crippen molar-refractivity contribution in [2.24, 2.45) is 5.73 Å². The molecule has 7 heteroatoms. The smallest absolute Gasteiger partial charge is 0.404 e. The molecule has 0 aliphatic rings. The average Bonchev–Trinajstić information content (AvgIpc) is 2.69. The maximum atomic E-state index is 10.8. The lowest BCUT2D eigenvalue weighted by atomic mass is 10.00. The van der Waals surface area contributed by atoms with Gasteiger partial charge in [0.1, 0.15) is 12.0 Å². The third kappa shape index (κ3) is 5.88. The van der Waals surface area contributed by atoms with E-state index < -0.39 is 7.82 Å². The van der Waals surface area contributed by atoms with Crippen LogP contribution in [0, 0.1) is 0 Å². The van der Waals surface area contributed by atoms with Crippen molar-refractivity contribution in [3.8, 4) is 28.0 Å². The summed E-state index contributed by atoms with van der Waals surface area (Å²) in [6.45, 7) is 0. The Balaban J connectivity index is 0.00000126. The van der Waals surface area contributed by atoms with Gasteiger partial charge in [-0.05, 0) is 41.4 Å². The van der Waals surface area contributed by atoms with Crippen LogP contribution in [-0.2, 0) is 4.57 Å². The van der Waals surface area contributed by atoms with Crippen molar-refractivity contribution >= 4 is 14.1 Å². The van der Waals surface area contributed by atoms with Crippen LogP contribution in [0.15, 0.2) is 72.8 Å². The number of carbonyl (C=O) groups excluding carboxylic acids is 1. The van der Waals surface area contributed by atoms with Crippen molar-refractivity contribution in [3.63, 3.8) is 0 Å². The topological polar surface area (TPSA) is 110 Å². The van der Waals surface area contributed by atoms with Crippen LogP contribution in [0.1, 0.15) is 10.4 Å². The van der Waals surface area contributed by atoms with Gasteiger partial charge in [0.05, 0.1) is 0 Å². The Morgan fingerprint density at radius 2 is 1.07 bits per heavy atom. The molecule has 140 valence electrons. The van der Waals surface area contributed by atoms with E-state index in [0.29, 0.717) is 5.56 Å². The highest BCUT2D eigenvalue weighted by atomic mass is 31.2.